The van der Waals surface area contributed by atoms with Crippen LogP contribution in [0.15, 0.2) is 42.5 Å². The number of benzene rings is 2. The molecule has 0 N–H and O–H groups in total. The SMILES string of the molecule is CC(=O)N1CCC(C(=O)N2CC[C@@H](N(C)C(=O)c3ccc(N(C)C)cc3)[C@H](c3ccc(Cl)c(Cl)c3)C2)CC1. The molecule has 2 saturated heterocycles. The van der Waals surface area contributed by atoms with Crippen LogP contribution in [0.25, 0.3) is 0 Å². The number of halogens is 2. The van der Waals surface area contributed by atoms with E-state index in [1.165, 1.54) is 0 Å². The van der Waals surface area contributed by atoms with Crippen LogP contribution in [0.4, 0.5) is 5.69 Å². The van der Waals surface area contributed by atoms with E-state index in [0.717, 1.165) is 11.3 Å². The third kappa shape index (κ3) is 6.10. The molecule has 0 unspecified atom stereocenters. The van der Waals surface area contributed by atoms with Crippen molar-refractivity contribution in [1.82, 2.24) is 14.7 Å². The van der Waals surface area contributed by atoms with E-state index >= 15 is 0 Å². The summed E-state index contributed by atoms with van der Waals surface area (Å²) in [6.45, 7) is 3.87. The van der Waals surface area contributed by atoms with Gasteiger partial charge in [0.2, 0.25) is 11.8 Å². The quantitative estimate of drug-likeness (QED) is 0.530. The Hall–Kier alpha value is -2.77. The number of piperidine rings is 2. The van der Waals surface area contributed by atoms with Crippen molar-refractivity contribution in [3.63, 3.8) is 0 Å². The van der Waals surface area contributed by atoms with Crippen LogP contribution in [0.3, 0.4) is 0 Å². The Morgan fingerprint density at radius 1 is 0.842 bits per heavy atom. The van der Waals surface area contributed by atoms with Gasteiger partial charge in [0, 0.05) is 83.4 Å². The molecule has 0 aromatic heterocycles. The fourth-order valence-electron chi connectivity index (χ4n) is 5.63. The second-order valence-electron chi connectivity index (χ2n) is 10.6. The van der Waals surface area contributed by atoms with E-state index in [9.17, 15) is 14.4 Å². The van der Waals surface area contributed by atoms with Crippen molar-refractivity contribution in [2.24, 2.45) is 5.92 Å². The number of likely N-dealkylation sites (tertiary alicyclic amines) is 2. The lowest BCUT2D eigenvalue weighted by molar-refractivity contribution is -0.141. The van der Waals surface area contributed by atoms with Gasteiger partial charge < -0.3 is 19.6 Å². The number of nitrogens with zero attached hydrogens (tertiary/aromatic N) is 4. The largest absolute Gasteiger partial charge is 0.378 e. The van der Waals surface area contributed by atoms with Crippen LogP contribution in [-0.4, -0.2) is 85.8 Å². The third-order valence-corrected chi connectivity index (χ3v) is 8.74. The van der Waals surface area contributed by atoms with Crippen molar-refractivity contribution in [1.29, 1.82) is 0 Å². The maximum atomic E-state index is 13.5. The van der Waals surface area contributed by atoms with Crippen LogP contribution in [0.5, 0.6) is 0 Å². The van der Waals surface area contributed by atoms with Gasteiger partial charge in [-0.25, -0.2) is 0 Å². The highest BCUT2D eigenvalue weighted by molar-refractivity contribution is 6.42. The Morgan fingerprint density at radius 3 is 2.05 bits per heavy atom. The summed E-state index contributed by atoms with van der Waals surface area (Å²) in [5.41, 5.74) is 2.61. The van der Waals surface area contributed by atoms with Gasteiger partial charge in [-0.15, -0.1) is 0 Å². The monoisotopic (exact) mass is 558 g/mol. The number of hydrogen-bond acceptors (Lipinski definition) is 4. The minimum absolute atomic E-state index is 0.0539. The summed E-state index contributed by atoms with van der Waals surface area (Å²) in [4.78, 5) is 46.3. The Kier molecular flexibility index (Phi) is 8.89. The molecule has 0 bridgehead atoms. The van der Waals surface area contributed by atoms with Crippen molar-refractivity contribution in [3.05, 3.63) is 63.6 Å². The minimum atomic E-state index is -0.116. The summed E-state index contributed by atoms with van der Waals surface area (Å²) in [6.07, 6.45) is 2.01. The lowest BCUT2D eigenvalue weighted by Gasteiger charge is -2.44. The summed E-state index contributed by atoms with van der Waals surface area (Å²) >= 11 is 12.6. The zero-order valence-corrected chi connectivity index (χ0v) is 24.0. The van der Waals surface area contributed by atoms with Gasteiger partial charge in [0.1, 0.15) is 0 Å². The smallest absolute Gasteiger partial charge is 0.253 e. The van der Waals surface area contributed by atoms with Crippen LogP contribution in [0.1, 0.15) is 48.0 Å². The van der Waals surface area contributed by atoms with Crippen molar-refractivity contribution in [2.45, 2.75) is 38.1 Å². The molecule has 9 heteroatoms. The highest BCUT2D eigenvalue weighted by Crippen LogP contribution is 2.35. The topological polar surface area (TPSA) is 64.2 Å². The molecule has 4 rings (SSSR count). The average Bonchev–Trinajstić information content (AvgIpc) is 2.93. The van der Waals surface area contributed by atoms with Crippen molar-refractivity contribution in [3.8, 4) is 0 Å². The predicted octanol–water partition coefficient (Wildman–Crippen LogP) is 4.77. The Labute approximate surface area is 235 Å². The molecule has 2 aliphatic rings. The molecule has 3 amide bonds. The van der Waals surface area contributed by atoms with E-state index in [-0.39, 0.29) is 35.6 Å². The summed E-state index contributed by atoms with van der Waals surface area (Å²) in [6, 6.07) is 13.0. The van der Waals surface area contributed by atoms with E-state index in [1.807, 2.05) is 72.2 Å². The number of amides is 3. The number of likely N-dealkylation sites (N-methyl/N-ethyl adjacent to an activating group) is 1. The maximum Gasteiger partial charge on any atom is 0.253 e. The Bertz CT molecular complexity index is 1180. The zero-order valence-electron chi connectivity index (χ0n) is 22.5. The summed E-state index contributed by atoms with van der Waals surface area (Å²) < 4.78 is 0. The molecule has 2 atom stereocenters. The normalized spacial score (nSPS) is 20.3. The van der Waals surface area contributed by atoms with Crippen LogP contribution >= 0.6 is 23.2 Å². The van der Waals surface area contributed by atoms with Crippen molar-refractivity contribution < 1.29 is 14.4 Å². The Balaban J connectivity index is 1.54. The molecule has 2 aromatic rings. The zero-order chi connectivity index (χ0) is 27.6. The molecule has 2 aliphatic heterocycles. The molecule has 0 saturated carbocycles. The van der Waals surface area contributed by atoms with Gasteiger partial charge in [-0.2, -0.15) is 0 Å². The summed E-state index contributed by atoms with van der Waals surface area (Å²) in [5, 5.41) is 0.926. The third-order valence-electron chi connectivity index (χ3n) is 8.00. The molecular weight excluding hydrogens is 523 g/mol. The van der Waals surface area contributed by atoms with Crippen LogP contribution in [0, 0.1) is 5.92 Å². The lowest BCUT2D eigenvalue weighted by atomic mass is 9.83. The fourth-order valence-corrected chi connectivity index (χ4v) is 5.94. The average molecular weight is 560 g/mol. The first kappa shape index (κ1) is 28.2. The van der Waals surface area contributed by atoms with Gasteiger partial charge in [-0.3, -0.25) is 14.4 Å². The molecule has 38 heavy (non-hydrogen) atoms. The summed E-state index contributed by atoms with van der Waals surface area (Å²) in [7, 11) is 5.77. The van der Waals surface area contributed by atoms with Crippen molar-refractivity contribution >= 4 is 46.6 Å². The van der Waals surface area contributed by atoms with Gasteiger partial charge in [-0.05, 0) is 61.2 Å². The summed E-state index contributed by atoms with van der Waals surface area (Å²) in [5.74, 6) is -0.0758. The van der Waals surface area contributed by atoms with E-state index in [2.05, 4.69) is 0 Å². The van der Waals surface area contributed by atoms with Crippen LogP contribution < -0.4 is 4.90 Å². The van der Waals surface area contributed by atoms with Gasteiger partial charge >= 0.3 is 0 Å². The number of carbonyl (C=O) groups is 3. The van der Waals surface area contributed by atoms with E-state index in [1.54, 1.807) is 17.9 Å². The minimum Gasteiger partial charge on any atom is -0.378 e. The first-order chi connectivity index (χ1) is 18.1. The fraction of sp³-hybridized carbons (Fsp3) is 0.483. The van der Waals surface area contributed by atoms with Crippen LogP contribution in [-0.2, 0) is 9.59 Å². The maximum absolute atomic E-state index is 13.5. The van der Waals surface area contributed by atoms with E-state index < -0.39 is 0 Å². The van der Waals surface area contributed by atoms with Gasteiger partial charge in [-0.1, -0.05) is 29.3 Å². The first-order valence-electron chi connectivity index (χ1n) is 13.1. The molecule has 2 heterocycles. The van der Waals surface area contributed by atoms with E-state index in [0.29, 0.717) is 61.1 Å². The second-order valence-corrected chi connectivity index (χ2v) is 11.4. The number of rotatable bonds is 5. The van der Waals surface area contributed by atoms with Crippen molar-refractivity contribution in [2.75, 3.05) is 52.2 Å². The van der Waals surface area contributed by atoms with Gasteiger partial charge in [0.15, 0.2) is 0 Å². The molecular formula is C29H36Cl2N4O3. The molecule has 2 aromatic carbocycles. The standard InChI is InChI=1S/C29H36Cl2N4O3/c1-19(36)34-14-11-21(12-15-34)29(38)35-16-13-27(24(18-35)22-7-10-25(30)26(31)17-22)33(4)28(37)20-5-8-23(9-6-20)32(2)3/h5-10,17,21,24,27H,11-16,18H2,1-4H3/t24-,27+/m0/s1. The lowest BCUT2D eigenvalue weighted by Crippen LogP contribution is -2.53. The molecule has 0 aliphatic carbocycles. The predicted molar refractivity (Wildman–Crippen MR) is 152 cm³/mol. The molecule has 2 fully saturated rings. The van der Waals surface area contributed by atoms with Gasteiger partial charge in [0.25, 0.3) is 5.91 Å². The van der Waals surface area contributed by atoms with Gasteiger partial charge in [0.05, 0.1) is 10.0 Å². The number of carbonyl (C=O) groups excluding carboxylic acids is 3. The first-order valence-corrected chi connectivity index (χ1v) is 13.9. The number of hydrogen-bond donors (Lipinski definition) is 0. The number of anilines is 1. The molecule has 7 nitrogen and oxygen atoms in total. The molecule has 0 spiro atoms. The van der Waals surface area contributed by atoms with Crippen LogP contribution in [0.2, 0.25) is 10.0 Å². The molecule has 0 radical (unpaired) electrons. The highest BCUT2D eigenvalue weighted by atomic mass is 35.5. The highest BCUT2D eigenvalue weighted by Gasteiger charge is 2.39. The second kappa shape index (κ2) is 12.0. The van der Waals surface area contributed by atoms with E-state index in [4.69, 9.17) is 23.2 Å². The molecule has 204 valence electrons. The Morgan fingerprint density at radius 2 is 1.47 bits per heavy atom.